The van der Waals surface area contributed by atoms with Gasteiger partial charge >= 0.3 is 5.97 Å². The minimum atomic E-state index is -0.316. The van der Waals surface area contributed by atoms with E-state index in [1.165, 1.54) is 18.4 Å². The van der Waals surface area contributed by atoms with Crippen molar-refractivity contribution in [3.8, 4) is 0 Å². The summed E-state index contributed by atoms with van der Waals surface area (Å²) >= 11 is 1.38. The van der Waals surface area contributed by atoms with Crippen molar-refractivity contribution in [2.45, 2.75) is 19.8 Å². The van der Waals surface area contributed by atoms with Gasteiger partial charge in [0.1, 0.15) is 10.7 Å². The third kappa shape index (κ3) is 2.96. The van der Waals surface area contributed by atoms with Gasteiger partial charge in [-0.3, -0.25) is 0 Å². The van der Waals surface area contributed by atoms with E-state index in [2.05, 4.69) is 4.74 Å². The van der Waals surface area contributed by atoms with Gasteiger partial charge in [0, 0.05) is 11.3 Å². The van der Waals surface area contributed by atoms with Crippen LogP contribution in [0.3, 0.4) is 0 Å². The fraction of sp³-hybridized carbons (Fsp3) is 0.400. The number of esters is 1. The first-order chi connectivity index (χ1) is 6.63. The number of Topliss-reactive ketones (excluding diaryl/α,β-unsaturated/α-hetero) is 1. The Morgan fingerprint density at radius 3 is 2.71 bits per heavy atom. The predicted molar refractivity (Wildman–Crippen MR) is 54.7 cm³/mol. The van der Waals surface area contributed by atoms with Gasteiger partial charge in [-0.2, -0.15) is 0 Å². The molecule has 0 radical (unpaired) electrons. The molecular formula is C10H12O3S. The lowest BCUT2D eigenvalue weighted by molar-refractivity contribution is -0.116. The maximum absolute atomic E-state index is 11.1. The number of aryl methyl sites for hydroxylation is 1. The Bertz CT molecular complexity index is 341. The number of hydrogen-bond donors (Lipinski definition) is 0. The summed E-state index contributed by atoms with van der Waals surface area (Å²) in [6, 6.07) is 3.59. The van der Waals surface area contributed by atoms with E-state index in [4.69, 9.17) is 0 Å². The van der Waals surface area contributed by atoms with Gasteiger partial charge in [-0.25, -0.2) is 4.79 Å². The maximum Gasteiger partial charge on any atom is 0.348 e. The minimum absolute atomic E-state index is 0.165. The summed E-state index contributed by atoms with van der Waals surface area (Å²) in [5.74, 6) is -0.151. The van der Waals surface area contributed by atoms with Gasteiger partial charge in [0.05, 0.1) is 7.11 Å². The third-order valence-electron chi connectivity index (χ3n) is 1.77. The highest BCUT2D eigenvalue weighted by molar-refractivity contribution is 7.13. The van der Waals surface area contributed by atoms with Crippen molar-refractivity contribution in [2.24, 2.45) is 0 Å². The van der Waals surface area contributed by atoms with E-state index in [0.29, 0.717) is 17.7 Å². The van der Waals surface area contributed by atoms with Crippen molar-refractivity contribution in [3.05, 3.63) is 21.9 Å². The molecule has 0 spiro atoms. The summed E-state index contributed by atoms with van der Waals surface area (Å²) < 4.78 is 4.58. The molecule has 0 N–H and O–H groups in total. The van der Waals surface area contributed by atoms with E-state index in [-0.39, 0.29) is 11.8 Å². The molecule has 0 fully saturated rings. The molecule has 14 heavy (non-hydrogen) atoms. The fourth-order valence-corrected chi connectivity index (χ4v) is 1.95. The maximum atomic E-state index is 11.1. The Morgan fingerprint density at radius 2 is 2.14 bits per heavy atom. The van der Waals surface area contributed by atoms with E-state index in [9.17, 15) is 9.59 Å². The number of thiophene rings is 1. The lowest BCUT2D eigenvalue weighted by atomic mass is 10.2. The van der Waals surface area contributed by atoms with Crippen molar-refractivity contribution in [1.82, 2.24) is 0 Å². The molecule has 0 amide bonds. The Hall–Kier alpha value is -1.16. The molecule has 0 saturated carbocycles. The molecule has 0 aromatic carbocycles. The van der Waals surface area contributed by atoms with Gasteiger partial charge in [0.2, 0.25) is 0 Å². The van der Waals surface area contributed by atoms with Gasteiger partial charge in [0.15, 0.2) is 0 Å². The Morgan fingerprint density at radius 1 is 1.43 bits per heavy atom. The zero-order valence-electron chi connectivity index (χ0n) is 8.20. The molecule has 0 aliphatic carbocycles. The number of carbonyl (C=O) groups excluding carboxylic acids is 2. The van der Waals surface area contributed by atoms with Crippen LogP contribution in [0.2, 0.25) is 0 Å². The predicted octanol–water partition coefficient (Wildman–Crippen LogP) is 2.06. The highest BCUT2D eigenvalue weighted by atomic mass is 32.1. The molecule has 0 bridgehead atoms. The van der Waals surface area contributed by atoms with Crippen LogP contribution in [0.5, 0.6) is 0 Å². The van der Waals surface area contributed by atoms with Crippen molar-refractivity contribution in [1.29, 1.82) is 0 Å². The van der Waals surface area contributed by atoms with Crippen LogP contribution < -0.4 is 0 Å². The van der Waals surface area contributed by atoms with Crippen LogP contribution in [0.25, 0.3) is 0 Å². The van der Waals surface area contributed by atoms with Gasteiger partial charge in [-0.1, -0.05) is 0 Å². The van der Waals surface area contributed by atoms with Gasteiger partial charge in [-0.15, -0.1) is 11.3 Å². The minimum Gasteiger partial charge on any atom is -0.465 e. The largest absolute Gasteiger partial charge is 0.465 e. The second-order valence-electron chi connectivity index (χ2n) is 2.96. The molecule has 0 saturated heterocycles. The van der Waals surface area contributed by atoms with E-state index < -0.39 is 0 Å². The normalized spacial score (nSPS) is 9.86. The summed E-state index contributed by atoms with van der Waals surface area (Å²) in [4.78, 5) is 23.4. The first-order valence-electron chi connectivity index (χ1n) is 4.30. The molecule has 1 heterocycles. The Kier molecular flexibility index (Phi) is 3.83. The van der Waals surface area contributed by atoms with Crippen molar-refractivity contribution in [3.63, 3.8) is 0 Å². The molecule has 3 nitrogen and oxygen atoms in total. The number of ether oxygens (including phenoxy) is 1. The first kappa shape index (κ1) is 10.9. The van der Waals surface area contributed by atoms with E-state index in [0.717, 1.165) is 4.88 Å². The fourth-order valence-electron chi connectivity index (χ4n) is 1.02. The lowest BCUT2D eigenvalue weighted by Gasteiger charge is -1.93. The van der Waals surface area contributed by atoms with Crippen LogP contribution in [0.4, 0.5) is 0 Å². The summed E-state index contributed by atoms with van der Waals surface area (Å²) in [7, 11) is 1.36. The monoisotopic (exact) mass is 212 g/mol. The second kappa shape index (κ2) is 4.91. The average molecular weight is 212 g/mol. The van der Waals surface area contributed by atoms with E-state index in [1.54, 1.807) is 13.0 Å². The van der Waals surface area contributed by atoms with Gasteiger partial charge in [-0.05, 0) is 25.5 Å². The molecule has 0 atom stereocenters. The molecule has 0 unspecified atom stereocenters. The number of ketones is 1. The lowest BCUT2D eigenvalue weighted by Crippen LogP contribution is -1.96. The number of rotatable bonds is 4. The zero-order valence-corrected chi connectivity index (χ0v) is 9.02. The van der Waals surface area contributed by atoms with Crippen molar-refractivity contribution >= 4 is 23.1 Å². The first-order valence-corrected chi connectivity index (χ1v) is 5.11. The molecule has 1 rings (SSSR count). The van der Waals surface area contributed by atoms with Crippen LogP contribution in [0, 0.1) is 0 Å². The highest BCUT2D eigenvalue weighted by Crippen LogP contribution is 2.18. The Balaban J connectivity index is 2.59. The molecule has 0 aliphatic rings. The molecule has 4 heteroatoms. The average Bonchev–Trinajstić information content (AvgIpc) is 2.62. The van der Waals surface area contributed by atoms with Crippen molar-refractivity contribution < 1.29 is 14.3 Å². The van der Waals surface area contributed by atoms with Crippen LogP contribution in [-0.2, 0) is 16.0 Å². The van der Waals surface area contributed by atoms with E-state index >= 15 is 0 Å². The summed E-state index contributed by atoms with van der Waals surface area (Å²) in [6.45, 7) is 1.56. The SMILES string of the molecule is COC(=O)c1ccc(CCC(C)=O)s1. The zero-order chi connectivity index (χ0) is 10.6. The standard InChI is InChI=1S/C10H12O3S/c1-7(11)3-4-8-5-6-9(14-8)10(12)13-2/h5-6H,3-4H2,1-2H3. The van der Waals surface area contributed by atoms with Crippen LogP contribution >= 0.6 is 11.3 Å². The molecule has 76 valence electrons. The highest BCUT2D eigenvalue weighted by Gasteiger charge is 2.08. The smallest absolute Gasteiger partial charge is 0.348 e. The number of methoxy groups -OCH3 is 1. The summed E-state index contributed by atoms with van der Waals surface area (Å²) in [5, 5.41) is 0. The number of hydrogen-bond acceptors (Lipinski definition) is 4. The van der Waals surface area contributed by atoms with Crippen LogP contribution in [-0.4, -0.2) is 18.9 Å². The van der Waals surface area contributed by atoms with Gasteiger partial charge in [0.25, 0.3) is 0 Å². The molecular weight excluding hydrogens is 200 g/mol. The van der Waals surface area contributed by atoms with Crippen LogP contribution in [0.15, 0.2) is 12.1 Å². The topological polar surface area (TPSA) is 43.4 Å². The Labute approximate surface area is 86.7 Å². The van der Waals surface area contributed by atoms with Gasteiger partial charge < -0.3 is 9.53 Å². The molecule has 0 aliphatic heterocycles. The molecule has 1 aromatic rings. The number of carbonyl (C=O) groups is 2. The third-order valence-corrected chi connectivity index (χ3v) is 2.90. The van der Waals surface area contributed by atoms with Crippen molar-refractivity contribution in [2.75, 3.05) is 7.11 Å². The summed E-state index contributed by atoms with van der Waals surface area (Å²) in [6.07, 6.45) is 1.23. The second-order valence-corrected chi connectivity index (χ2v) is 4.13. The quantitative estimate of drug-likeness (QED) is 0.717. The van der Waals surface area contributed by atoms with E-state index in [1.807, 2.05) is 6.07 Å². The molecule has 1 aromatic heterocycles. The van der Waals surface area contributed by atoms with Crippen LogP contribution in [0.1, 0.15) is 27.9 Å². The summed E-state index contributed by atoms with van der Waals surface area (Å²) in [5.41, 5.74) is 0.